The Hall–Kier alpha value is -4.37. The summed E-state index contributed by atoms with van der Waals surface area (Å²) in [6, 6.07) is 37.4. The van der Waals surface area contributed by atoms with Gasteiger partial charge in [-0.05, 0) is 71.3 Å². The summed E-state index contributed by atoms with van der Waals surface area (Å²) < 4.78 is 40.2. The Morgan fingerprint density at radius 2 is 1.36 bits per heavy atom. The highest BCUT2D eigenvalue weighted by atomic mass is 32.2. The van der Waals surface area contributed by atoms with E-state index in [-0.39, 0.29) is 11.5 Å². The van der Waals surface area contributed by atoms with E-state index < -0.39 is 16.1 Å². The van der Waals surface area contributed by atoms with Crippen molar-refractivity contribution in [3.05, 3.63) is 132 Å². The van der Waals surface area contributed by atoms with Gasteiger partial charge in [0, 0.05) is 12.2 Å². The van der Waals surface area contributed by atoms with Crippen molar-refractivity contribution in [1.29, 1.82) is 0 Å². The number of ether oxygens (including phenoxy) is 2. The fourth-order valence-electron chi connectivity index (χ4n) is 4.46. The third-order valence-electron chi connectivity index (χ3n) is 6.73. The number of hydrogen-bond donors (Lipinski definition) is 3. The molecular weight excluding hydrogens is 548 g/mol. The number of rotatable bonds is 14. The quantitative estimate of drug-likeness (QED) is 0.143. The number of para-hydroxylation sites is 2. The smallest absolute Gasteiger partial charge is 0.261 e. The summed E-state index contributed by atoms with van der Waals surface area (Å²) >= 11 is 0. The molecule has 5 aromatic rings. The predicted octanol–water partition coefficient (Wildman–Crippen LogP) is 5.79. The summed E-state index contributed by atoms with van der Waals surface area (Å²) in [6.07, 6.45) is 0.0283. The Morgan fingerprint density at radius 1 is 0.690 bits per heavy atom. The predicted molar refractivity (Wildman–Crippen MR) is 166 cm³/mol. The van der Waals surface area contributed by atoms with Crippen molar-refractivity contribution in [2.75, 3.05) is 24.4 Å². The van der Waals surface area contributed by atoms with Crippen molar-refractivity contribution in [2.45, 2.75) is 24.0 Å². The molecule has 0 bridgehead atoms. The lowest BCUT2D eigenvalue weighted by molar-refractivity contribution is 0.104. The van der Waals surface area contributed by atoms with Crippen LogP contribution in [0.5, 0.6) is 11.5 Å². The minimum Gasteiger partial charge on any atom is -0.487 e. The van der Waals surface area contributed by atoms with E-state index in [0.29, 0.717) is 36.9 Å². The van der Waals surface area contributed by atoms with Crippen LogP contribution in [0.25, 0.3) is 10.8 Å². The minimum absolute atomic E-state index is 0.130. The Labute approximate surface area is 246 Å². The maximum atomic E-state index is 12.9. The SMILES string of the molecule is O=S(=O)(Nc1ccc(CCNCC(O)COc2ccccc2OCc2ccccc2)cc1)c1ccc2ccccc2c1. The molecule has 1 atom stereocenters. The van der Waals surface area contributed by atoms with E-state index >= 15 is 0 Å². The molecule has 0 saturated heterocycles. The number of fused-ring (bicyclic) bond motifs is 1. The second-order valence-corrected chi connectivity index (χ2v) is 11.6. The van der Waals surface area contributed by atoms with Crippen LogP contribution in [0.15, 0.2) is 126 Å². The second kappa shape index (κ2) is 14.0. The number of hydrogen-bond acceptors (Lipinski definition) is 6. The highest BCUT2D eigenvalue weighted by Crippen LogP contribution is 2.27. The maximum absolute atomic E-state index is 12.9. The fourth-order valence-corrected chi connectivity index (χ4v) is 5.55. The van der Waals surface area contributed by atoms with Gasteiger partial charge >= 0.3 is 0 Å². The molecule has 0 aliphatic heterocycles. The van der Waals surface area contributed by atoms with Crippen LogP contribution in [-0.2, 0) is 23.1 Å². The first-order valence-electron chi connectivity index (χ1n) is 13.8. The number of aliphatic hydroxyl groups is 1. The second-order valence-electron chi connectivity index (χ2n) is 9.95. The summed E-state index contributed by atoms with van der Waals surface area (Å²) in [5.41, 5.74) is 2.61. The summed E-state index contributed by atoms with van der Waals surface area (Å²) in [4.78, 5) is 0.222. The fraction of sp³-hybridized carbons (Fsp3) is 0.176. The lowest BCUT2D eigenvalue weighted by atomic mass is 10.1. The molecule has 0 aliphatic carbocycles. The summed E-state index contributed by atoms with van der Waals surface area (Å²) in [5.74, 6) is 1.22. The van der Waals surface area contributed by atoms with Crippen molar-refractivity contribution >= 4 is 26.5 Å². The first-order chi connectivity index (χ1) is 20.5. The molecule has 8 heteroatoms. The van der Waals surface area contributed by atoms with Crippen LogP contribution < -0.4 is 19.5 Å². The summed E-state index contributed by atoms with van der Waals surface area (Å²) in [7, 11) is -3.70. The Kier molecular flexibility index (Phi) is 9.71. The average molecular weight is 583 g/mol. The van der Waals surface area contributed by atoms with Crippen molar-refractivity contribution in [3.63, 3.8) is 0 Å². The molecule has 0 aromatic heterocycles. The maximum Gasteiger partial charge on any atom is 0.261 e. The van der Waals surface area contributed by atoms with Crippen LogP contribution in [0.3, 0.4) is 0 Å². The van der Waals surface area contributed by atoms with Gasteiger partial charge in [-0.25, -0.2) is 8.42 Å². The van der Waals surface area contributed by atoms with E-state index in [1.807, 2.05) is 97.1 Å². The average Bonchev–Trinajstić information content (AvgIpc) is 3.02. The van der Waals surface area contributed by atoms with E-state index in [0.717, 1.165) is 28.3 Å². The number of anilines is 1. The lowest BCUT2D eigenvalue weighted by Gasteiger charge is -2.16. The third-order valence-corrected chi connectivity index (χ3v) is 8.10. The molecule has 216 valence electrons. The molecule has 0 heterocycles. The molecule has 1 unspecified atom stereocenters. The molecular formula is C34H34N2O5S. The minimum atomic E-state index is -3.70. The zero-order valence-electron chi connectivity index (χ0n) is 23.1. The van der Waals surface area contributed by atoms with Gasteiger partial charge in [-0.2, -0.15) is 0 Å². The van der Waals surface area contributed by atoms with Gasteiger partial charge in [0.05, 0.1) is 4.90 Å². The molecule has 0 amide bonds. The van der Waals surface area contributed by atoms with E-state index in [4.69, 9.17) is 9.47 Å². The normalized spacial score (nSPS) is 12.1. The van der Waals surface area contributed by atoms with E-state index in [9.17, 15) is 13.5 Å². The van der Waals surface area contributed by atoms with E-state index in [1.54, 1.807) is 24.3 Å². The van der Waals surface area contributed by atoms with E-state index in [2.05, 4.69) is 10.0 Å². The van der Waals surface area contributed by atoms with Crippen LogP contribution >= 0.6 is 0 Å². The molecule has 42 heavy (non-hydrogen) atoms. The van der Waals surface area contributed by atoms with Gasteiger partial charge in [-0.15, -0.1) is 0 Å². The van der Waals surface area contributed by atoms with Crippen molar-refractivity contribution < 1.29 is 23.0 Å². The van der Waals surface area contributed by atoms with Crippen LogP contribution in [0.1, 0.15) is 11.1 Å². The monoisotopic (exact) mass is 582 g/mol. The molecule has 5 aromatic carbocycles. The standard InChI is InChI=1S/C34H34N2O5S/c37-31(25-41-34-13-7-6-12-33(34)40-24-27-8-2-1-3-9-27)23-35-21-20-26-14-17-30(18-15-26)36-42(38,39)32-19-16-28-10-4-5-11-29(28)22-32/h1-19,22,31,35-37H,20-21,23-25H2. The molecule has 5 rings (SSSR count). The zero-order chi connectivity index (χ0) is 29.2. The van der Waals surface area contributed by atoms with Crippen molar-refractivity contribution in [2.24, 2.45) is 0 Å². The first kappa shape index (κ1) is 29.1. The summed E-state index contributed by atoms with van der Waals surface area (Å²) in [5, 5.41) is 15.5. The molecule has 0 radical (unpaired) electrons. The largest absolute Gasteiger partial charge is 0.487 e. The number of nitrogens with one attached hydrogen (secondary N) is 2. The topological polar surface area (TPSA) is 96.9 Å². The number of aliphatic hydroxyl groups excluding tert-OH is 1. The zero-order valence-corrected chi connectivity index (χ0v) is 24.0. The van der Waals surface area contributed by atoms with Gasteiger partial charge < -0.3 is 19.9 Å². The molecule has 0 spiro atoms. The molecule has 3 N–H and O–H groups in total. The molecule has 7 nitrogen and oxygen atoms in total. The van der Waals surface area contributed by atoms with Crippen LogP contribution in [0, 0.1) is 0 Å². The van der Waals surface area contributed by atoms with Gasteiger partial charge in [0.25, 0.3) is 10.0 Å². The van der Waals surface area contributed by atoms with Gasteiger partial charge in [-0.1, -0.05) is 84.9 Å². The molecule has 0 fully saturated rings. The van der Waals surface area contributed by atoms with Crippen LogP contribution in [0.2, 0.25) is 0 Å². The highest BCUT2D eigenvalue weighted by Gasteiger charge is 2.15. The number of sulfonamides is 1. The lowest BCUT2D eigenvalue weighted by Crippen LogP contribution is -2.32. The van der Waals surface area contributed by atoms with Crippen LogP contribution in [-0.4, -0.2) is 39.3 Å². The van der Waals surface area contributed by atoms with Gasteiger partial charge in [0.15, 0.2) is 11.5 Å². The molecule has 0 saturated carbocycles. The van der Waals surface area contributed by atoms with Gasteiger partial charge in [0.1, 0.15) is 19.3 Å². The first-order valence-corrected chi connectivity index (χ1v) is 15.3. The third kappa shape index (κ3) is 8.10. The molecule has 0 aliphatic rings. The van der Waals surface area contributed by atoms with Crippen molar-refractivity contribution in [3.8, 4) is 11.5 Å². The Balaban J connectivity index is 1.04. The Morgan fingerprint density at radius 3 is 2.12 bits per heavy atom. The van der Waals surface area contributed by atoms with E-state index in [1.165, 1.54) is 0 Å². The van der Waals surface area contributed by atoms with Gasteiger partial charge in [-0.3, -0.25) is 4.72 Å². The van der Waals surface area contributed by atoms with Gasteiger partial charge in [0.2, 0.25) is 0 Å². The van der Waals surface area contributed by atoms with Crippen molar-refractivity contribution in [1.82, 2.24) is 5.32 Å². The van der Waals surface area contributed by atoms with Crippen LogP contribution in [0.4, 0.5) is 5.69 Å². The summed E-state index contributed by atoms with van der Waals surface area (Å²) in [6.45, 7) is 1.58. The highest BCUT2D eigenvalue weighted by molar-refractivity contribution is 7.92. The number of benzene rings is 5. The Bertz CT molecular complexity index is 1690.